The normalized spacial score (nSPS) is 11.1. The fourth-order valence-electron chi connectivity index (χ4n) is 2.94. The predicted octanol–water partition coefficient (Wildman–Crippen LogP) is 3.70. The first kappa shape index (κ1) is 19.7. The molecule has 0 aromatic heterocycles. The number of rotatable bonds is 6. The molecule has 0 saturated heterocycles. The minimum absolute atomic E-state index is 0.0287. The van der Waals surface area contributed by atoms with Crippen molar-refractivity contribution in [2.24, 2.45) is 0 Å². The van der Waals surface area contributed by atoms with E-state index in [0.29, 0.717) is 19.5 Å². The molecule has 2 amide bonds. The van der Waals surface area contributed by atoms with Crippen LogP contribution in [0.2, 0.25) is 0 Å². The summed E-state index contributed by atoms with van der Waals surface area (Å²) in [5.74, 6) is -0.0668. The lowest BCUT2D eigenvalue weighted by Gasteiger charge is -2.29. The third-order valence-electron chi connectivity index (χ3n) is 4.25. The number of nitrogens with zero attached hydrogens (tertiary/aromatic N) is 1. The van der Waals surface area contributed by atoms with Crippen LogP contribution in [0.3, 0.4) is 0 Å². The van der Waals surface area contributed by atoms with Crippen LogP contribution in [0.15, 0.2) is 54.6 Å². The van der Waals surface area contributed by atoms with Crippen molar-refractivity contribution in [2.45, 2.75) is 39.5 Å². The van der Waals surface area contributed by atoms with Gasteiger partial charge in [-0.05, 0) is 22.6 Å². The maximum absolute atomic E-state index is 12.2. The van der Waals surface area contributed by atoms with E-state index in [0.717, 1.165) is 16.8 Å². The molecule has 138 valence electrons. The summed E-state index contributed by atoms with van der Waals surface area (Å²) in [5, 5.41) is 2.91. The van der Waals surface area contributed by atoms with Gasteiger partial charge in [-0.15, -0.1) is 0 Å². The Hall–Kier alpha value is -2.62. The third kappa shape index (κ3) is 5.45. The fourth-order valence-corrected chi connectivity index (χ4v) is 2.94. The zero-order chi connectivity index (χ0) is 19.2. The van der Waals surface area contributed by atoms with Crippen LogP contribution in [-0.2, 0) is 21.4 Å². The second-order valence-corrected chi connectivity index (χ2v) is 7.45. The average Bonchev–Trinajstić information content (AvgIpc) is 2.58. The molecule has 2 aromatic carbocycles. The second-order valence-electron chi connectivity index (χ2n) is 7.45. The van der Waals surface area contributed by atoms with Gasteiger partial charge < -0.3 is 10.2 Å². The van der Waals surface area contributed by atoms with Crippen LogP contribution < -0.4 is 10.2 Å². The minimum Gasteiger partial charge on any atom is -0.354 e. The van der Waals surface area contributed by atoms with Crippen LogP contribution in [0.1, 0.15) is 38.8 Å². The molecule has 0 heterocycles. The molecule has 0 aliphatic rings. The van der Waals surface area contributed by atoms with E-state index in [1.54, 1.807) is 11.8 Å². The molecule has 0 fully saturated rings. The maximum Gasteiger partial charge on any atom is 0.224 e. The molecule has 2 rings (SSSR count). The number of para-hydroxylation sites is 1. The zero-order valence-electron chi connectivity index (χ0n) is 16.1. The van der Waals surface area contributed by atoms with Crippen molar-refractivity contribution in [3.63, 3.8) is 0 Å². The molecule has 0 aliphatic carbocycles. The fraction of sp³-hybridized carbons (Fsp3) is 0.364. The first-order valence-corrected chi connectivity index (χ1v) is 8.97. The summed E-state index contributed by atoms with van der Waals surface area (Å²) >= 11 is 0. The van der Waals surface area contributed by atoms with E-state index in [4.69, 9.17) is 0 Å². The summed E-state index contributed by atoms with van der Waals surface area (Å²) in [7, 11) is 0. The molecule has 0 bridgehead atoms. The molecule has 0 spiro atoms. The van der Waals surface area contributed by atoms with E-state index < -0.39 is 0 Å². The van der Waals surface area contributed by atoms with Crippen LogP contribution in [0.25, 0.3) is 0 Å². The van der Waals surface area contributed by atoms with Crippen molar-refractivity contribution in [3.05, 3.63) is 65.7 Å². The molecule has 0 radical (unpaired) electrons. The highest BCUT2D eigenvalue weighted by molar-refractivity contribution is 5.92. The van der Waals surface area contributed by atoms with E-state index in [2.05, 4.69) is 32.2 Å². The van der Waals surface area contributed by atoms with Gasteiger partial charge in [0, 0.05) is 25.7 Å². The molecule has 26 heavy (non-hydrogen) atoms. The molecule has 0 atom stereocenters. The Labute approximate surface area is 156 Å². The van der Waals surface area contributed by atoms with E-state index in [-0.39, 0.29) is 17.2 Å². The van der Waals surface area contributed by atoms with Gasteiger partial charge in [-0.3, -0.25) is 9.59 Å². The molecule has 1 N–H and O–H groups in total. The van der Waals surface area contributed by atoms with Crippen molar-refractivity contribution < 1.29 is 9.59 Å². The van der Waals surface area contributed by atoms with Crippen molar-refractivity contribution in [1.29, 1.82) is 0 Å². The lowest BCUT2D eigenvalue weighted by Crippen LogP contribution is -2.39. The van der Waals surface area contributed by atoms with Gasteiger partial charge in [0.2, 0.25) is 11.8 Å². The van der Waals surface area contributed by atoms with Gasteiger partial charge in [0.15, 0.2) is 0 Å². The van der Waals surface area contributed by atoms with Gasteiger partial charge >= 0.3 is 0 Å². The number of carbonyl (C=O) groups is 2. The molecule has 0 saturated carbocycles. The number of hydrogen-bond donors (Lipinski definition) is 1. The largest absolute Gasteiger partial charge is 0.354 e. The van der Waals surface area contributed by atoms with Crippen LogP contribution in [-0.4, -0.2) is 24.9 Å². The smallest absolute Gasteiger partial charge is 0.224 e. The summed E-state index contributed by atoms with van der Waals surface area (Å²) < 4.78 is 0. The Kier molecular flexibility index (Phi) is 6.56. The molecule has 0 aliphatic heterocycles. The Morgan fingerprint density at radius 2 is 1.58 bits per heavy atom. The first-order chi connectivity index (χ1) is 12.3. The van der Waals surface area contributed by atoms with E-state index >= 15 is 0 Å². The maximum atomic E-state index is 12.2. The summed E-state index contributed by atoms with van der Waals surface area (Å²) in [4.78, 5) is 26.1. The molecule has 0 unspecified atom stereocenters. The monoisotopic (exact) mass is 352 g/mol. The predicted molar refractivity (Wildman–Crippen MR) is 106 cm³/mol. The van der Waals surface area contributed by atoms with Crippen molar-refractivity contribution in [3.8, 4) is 0 Å². The number of nitrogens with one attached hydrogen (secondary N) is 1. The van der Waals surface area contributed by atoms with Crippen LogP contribution in [0, 0.1) is 0 Å². The standard InChI is InChI=1S/C22H28N2O2/c1-17(25)24(20-13-9-8-12-19(20)22(2,3)4)15-14-23-21(26)16-18-10-6-5-7-11-18/h5-13H,14-16H2,1-4H3,(H,23,26). The summed E-state index contributed by atoms with van der Waals surface area (Å²) in [6.45, 7) is 8.82. The van der Waals surface area contributed by atoms with Gasteiger partial charge in [-0.2, -0.15) is 0 Å². The highest BCUT2D eigenvalue weighted by Crippen LogP contribution is 2.31. The number of hydrogen-bond acceptors (Lipinski definition) is 2. The van der Waals surface area contributed by atoms with E-state index in [1.165, 1.54) is 0 Å². The van der Waals surface area contributed by atoms with Gasteiger partial charge in [0.05, 0.1) is 6.42 Å². The molecule has 2 aromatic rings. The van der Waals surface area contributed by atoms with Gasteiger partial charge in [-0.25, -0.2) is 0 Å². The lowest BCUT2D eigenvalue weighted by molar-refractivity contribution is -0.121. The average molecular weight is 352 g/mol. The van der Waals surface area contributed by atoms with Crippen LogP contribution >= 0.6 is 0 Å². The van der Waals surface area contributed by atoms with Gasteiger partial charge in [-0.1, -0.05) is 69.3 Å². The SMILES string of the molecule is CC(=O)N(CCNC(=O)Cc1ccccc1)c1ccccc1C(C)(C)C. The number of benzene rings is 2. The highest BCUT2D eigenvalue weighted by atomic mass is 16.2. The Morgan fingerprint density at radius 1 is 0.962 bits per heavy atom. The molecule has 4 heteroatoms. The van der Waals surface area contributed by atoms with E-state index in [1.807, 2.05) is 48.5 Å². The van der Waals surface area contributed by atoms with Crippen molar-refractivity contribution in [1.82, 2.24) is 5.32 Å². The lowest BCUT2D eigenvalue weighted by atomic mass is 9.85. The zero-order valence-corrected chi connectivity index (χ0v) is 16.1. The topological polar surface area (TPSA) is 49.4 Å². The first-order valence-electron chi connectivity index (χ1n) is 8.97. The Balaban J connectivity index is 2.02. The number of anilines is 1. The van der Waals surface area contributed by atoms with Crippen molar-refractivity contribution >= 4 is 17.5 Å². The molecular formula is C22H28N2O2. The van der Waals surface area contributed by atoms with Gasteiger partial charge in [0.1, 0.15) is 0 Å². The summed E-state index contributed by atoms with van der Waals surface area (Å²) in [6.07, 6.45) is 0.347. The third-order valence-corrected chi connectivity index (χ3v) is 4.25. The summed E-state index contributed by atoms with van der Waals surface area (Å²) in [6, 6.07) is 17.6. The van der Waals surface area contributed by atoms with Crippen LogP contribution in [0.4, 0.5) is 5.69 Å². The van der Waals surface area contributed by atoms with Gasteiger partial charge in [0.25, 0.3) is 0 Å². The Morgan fingerprint density at radius 3 is 2.19 bits per heavy atom. The molecular weight excluding hydrogens is 324 g/mol. The number of carbonyl (C=O) groups excluding carboxylic acids is 2. The summed E-state index contributed by atoms with van der Waals surface area (Å²) in [5.41, 5.74) is 2.93. The molecule has 4 nitrogen and oxygen atoms in total. The quantitative estimate of drug-likeness (QED) is 0.862. The highest BCUT2D eigenvalue weighted by Gasteiger charge is 2.22. The van der Waals surface area contributed by atoms with E-state index in [9.17, 15) is 9.59 Å². The second kappa shape index (κ2) is 8.65. The number of amides is 2. The van der Waals surface area contributed by atoms with Crippen LogP contribution in [0.5, 0.6) is 0 Å². The Bertz CT molecular complexity index is 748. The van der Waals surface area contributed by atoms with Crippen molar-refractivity contribution in [2.75, 3.05) is 18.0 Å². The minimum atomic E-state index is -0.0686.